The number of unbranched alkanes of at least 4 members (excludes halogenated alkanes) is 2. The van der Waals surface area contributed by atoms with Crippen LogP contribution in [0.15, 0.2) is 101 Å². The van der Waals surface area contributed by atoms with Crippen LogP contribution in [-0.4, -0.2) is 69.4 Å². The second kappa shape index (κ2) is 19.2. The van der Waals surface area contributed by atoms with Gasteiger partial charge in [-0.2, -0.15) is 11.8 Å². The molecule has 1 aliphatic heterocycles. The molecule has 2 N–H and O–H groups in total. The Morgan fingerprint density at radius 3 is 2.40 bits per heavy atom. The molecule has 2 aliphatic carbocycles. The number of aliphatic hydroxyl groups excluding tert-OH is 2. The Bertz CT molecular complexity index is 1760. The lowest BCUT2D eigenvalue weighted by molar-refractivity contribution is -0.223. The van der Waals surface area contributed by atoms with Gasteiger partial charge in [0.25, 0.3) is 0 Å². The predicted molar refractivity (Wildman–Crippen MR) is 224 cm³/mol. The first kappa shape index (κ1) is 41.4. The Morgan fingerprint density at radius 1 is 0.982 bits per heavy atom. The molecule has 2 heterocycles. The van der Waals surface area contributed by atoms with Gasteiger partial charge in [0.2, 0.25) is 5.79 Å². The molecule has 0 radical (unpaired) electrons. The van der Waals surface area contributed by atoms with Crippen molar-refractivity contribution in [3.8, 4) is 17.2 Å². The van der Waals surface area contributed by atoms with Gasteiger partial charge >= 0.3 is 0 Å². The van der Waals surface area contributed by atoms with Crippen molar-refractivity contribution in [2.75, 3.05) is 31.8 Å². The van der Waals surface area contributed by atoms with E-state index in [1.807, 2.05) is 69.2 Å². The molecule has 6 rings (SSSR count). The fourth-order valence-corrected chi connectivity index (χ4v) is 10.2. The SMILES string of the molecule is C=CCO[C@@]12Oc3ccc(Oc4ccc(SC)cc4)cc3[C@H]3[C@H](CCCCO)[C@@H](CCCCO)C=C(C(=NOC(C)(C)C)C[C@@H]1SCCc1ccncc1)[C@H]32. The zero-order chi connectivity index (χ0) is 38.8. The Hall–Kier alpha value is -3.28. The summed E-state index contributed by atoms with van der Waals surface area (Å²) in [5, 5.41) is 24.6. The predicted octanol–water partition coefficient (Wildman–Crippen LogP) is 10.0. The second-order valence-electron chi connectivity index (χ2n) is 15.7. The molecule has 0 spiro atoms. The lowest BCUT2D eigenvalue weighted by Gasteiger charge is -2.58. The maximum Gasteiger partial charge on any atom is 0.230 e. The average Bonchev–Trinajstić information content (AvgIpc) is 3.18. The number of benzene rings is 2. The number of ether oxygens (including phenoxy) is 3. The molecule has 2 aromatic carbocycles. The third-order valence-corrected chi connectivity index (χ3v) is 12.9. The number of fused-ring (bicyclic) bond motifs is 2. The van der Waals surface area contributed by atoms with Gasteiger partial charge in [0.05, 0.1) is 23.5 Å². The Kier molecular flexibility index (Phi) is 14.5. The van der Waals surface area contributed by atoms with Crippen LogP contribution in [0.1, 0.15) is 82.8 Å². The van der Waals surface area contributed by atoms with Crippen LogP contribution < -0.4 is 9.47 Å². The van der Waals surface area contributed by atoms with Gasteiger partial charge in [0, 0.05) is 48.4 Å². The zero-order valence-corrected chi connectivity index (χ0v) is 34.5. The van der Waals surface area contributed by atoms with Crippen molar-refractivity contribution in [3.05, 3.63) is 102 Å². The van der Waals surface area contributed by atoms with Crippen LogP contribution in [0, 0.1) is 17.8 Å². The maximum atomic E-state index is 9.92. The molecule has 1 aromatic heterocycles. The number of oxime groups is 1. The highest BCUT2D eigenvalue weighted by atomic mass is 32.2. The lowest BCUT2D eigenvalue weighted by Crippen LogP contribution is -2.64. The number of nitrogens with zero attached hydrogens (tertiary/aromatic N) is 2. The summed E-state index contributed by atoms with van der Waals surface area (Å²) in [6, 6.07) is 18.6. The fourth-order valence-electron chi connectivity index (χ4n) is 8.38. The number of hydrogen-bond acceptors (Lipinski definition) is 10. The Morgan fingerprint density at radius 2 is 1.71 bits per heavy atom. The minimum atomic E-state index is -1.01. The Balaban J connectivity index is 1.51. The fraction of sp³-hybridized carbons (Fsp3) is 0.511. The first-order chi connectivity index (χ1) is 26.7. The van der Waals surface area contributed by atoms with Gasteiger partial charge in [-0.05, 0) is 142 Å². The summed E-state index contributed by atoms with van der Waals surface area (Å²) >= 11 is 3.57. The smallest absolute Gasteiger partial charge is 0.230 e. The van der Waals surface area contributed by atoms with Crippen LogP contribution in [0.4, 0.5) is 0 Å². The standard InChI is InChI=1S/C45H58N2O6S2/c1-6-26-50-45-41(55-27-21-31-19-22-46-23-20-31)30-39(47-53-44(2,3)4)37-28-32(11-7-9-24-48)36(12-8-10-25-49)42(43(37)45)38-29-34(15-18-40(38)52-45)51-33-13-16-35(54-5)17-14-33/h6,13-20,22-23,28-29,32,36,41-43,48-49H,1,7-12,21,24-27,30H2,2-5H3/t32-,36+,41-,42+,43+,45+/m0/s1. The number of aryl methyl sites for hydroxylation is 1. The molecule has 1 fully saturated rings. The van der Waals surface area contributed by atoms with Crippen molar-refractivity contribution in [2.24, 2.45) is 22.9 Å². The van der Waals surface area contributed by atoms with E-state index in [2.05, 4.69) is 60.3 Å². The number of thioether (sulfide) groups is 2. The van der Waals surface area contributed by atoms with Crippen LogP contribution in [-0.2, 0) is 16.0 Å². The van der Waals surface area contributed by atoms with Gasteiger partial charge in [-0.25, -0.2) is 0 Å². The molecule has 3 aromatic rings. The largest absolute Gasteiger partial charge is 0.460 e. The summed E-state index contributed by atoms with van der Waals surface area (Å²) < 4.78 is 20.9. The molecule has 0 saturated heterocycles. The van der Waals surface area contributed by atoms with E-state index in [0.717, 1.165) is 84.8 Å². The van der Waals surface area contributed by atoms with E-state index in [0.29, 0.717) is 13.0 Å². The molecule has 0 bridgehead atoms. The number of pyridine rings is 1. The van der Waals surface area contributed by atoms with E-state index < -0.39 is 11.4 Å². The number of aliphatic hydroxyl groups is 2. The zero-order valence-electron chi connectivity index (χ0n) is 32.8. The third kappa shape index (κ3) is 10.0. The summed E-state index contributed by atoms with van der Waals surface area (Å²) in [6.45, 7) is 10.8. The van der Waals surface area contributed by atoms with Crippen LogP contribution in [0.2, 0.25) is 0 Å². The van der Waals surface area contributed by atoms with Crippen molar-refractivity contribution in [2.45, 2.75) is 99.6 Å². The highest BCUT2D eigenvalue weighted by Crippen LogP contribution is 2.62. The number of allylic oxidation sites excluding steroid dienone is 1. The maximum absolute atomic E-state index is 9.92. The van der Waals surface area contributed by atoms with Crippen LogP contribution in [0.5, 0.6) is 17.2 Å². The highest BCUT2D eigenvalue weighted by molar-refractivity contribution is 8.00. The second-order valence-corrected chi connectivity index (χ2v) is 17.9. The van der Waals surface area contributed by atoms with Crippen molar-refractivity contribution in [1.82, 2.24) is 4.98 Å². The van der Waals surface area contributed by atoms with Gasteiger partial charge < -0.3 is 29.3 Å². The first-order valence-electron chi connectivity index (χ1n) is 19.8. The molecule has 10 heteroatoms. The van der Waals surface area contributed by atoms with Gasteiger partial charge in [-0.15, -0.1) is 18.3 Å². The third-order valence-electron chi connectivity index (χ3n) is 10.8. The minimum Gasteiger partial charge on any atom is -0.460 e. The molecule has 6 atom stereocenters. The molecular formula is C45H58N2O6S2. The minimum absolute atomic E-state index is 0.00256. The normalized spacial score (nSPS) is 25.0. The highest BCUT2D eigenvalue weighted by Gasteiger charge is 2.64. The van der Waals surface area contributed by atoms with Crippen molar-refractivity contribution in [1.29, 1.82) is 0 Å². The van der Waals surface area contributed by atoms with Crippen molar-refractivity contribution < 1.29 is 29.3 Å². The monoisotopic (exact) mass is 786 g/mol. The summed E-state index contributed by atoms with van der Waals surface area (Å²) in [6.07, 6.45) is 16.7. The first-order valence-corrected chi connectivity index (χ1v) is 22.1. The molecule has 3 aliphatic rings. The van der Waals surface area contributed by atoms with E-state index in [1.54, 1.807) is 11.8 Å². The van der Waals surface area contributed by atoms with Crippen LogP contribution >= 0.6 is 23.5 Å². The molecule has 0 unspecified atom stereocenters. The molecule has 55 heavy (non-hydrogen) atoms. The van der Waals surface area contributed by atoms with E-state index in [-0.39, 0.29) is 42.1 Å². The number of aromatic nitrogens is 1. The van der Waals surface area contributed by atoms with E-state index >= 15 is 0 Å². The molecule has 0 amide bonds. The van der Waals surface area contributed by atoms with Crippen molar-refractivity contribution >= 4 is 29.2 Å². The van der Waals surface area contributed by atoms with E-state index in [4.69, 9.17) is 24.2 Å². The quantitative estimate of drug-likeness (QED) is 0.0532. The van der Waals surface area contributed by atoms with E-state index in [9.17, 15) is 10.2 Å². The van der Waals surface area contributed by atoms with Gasteiger partial charge in [-0.1, -0.05) is 30.1 Å². The molecule has 296 valence electrons. The average molecular weight is 787 g/mol. The Labute approximate surface area is 336 Å². The molecule has 8 nitrogen and oxygen atoms in total. The topological polar surface area (TPSA) is 103 Å². The van der Waals surface area contributed by atoms with Crippen LogP contribution in [0.3, 0.4) is 0 Å². The van der Waals surface area contributed by atoms with E-state index in [1.165, 1.54) is 10.5 Å². The summed E-state index contributed by atoms with van der Waals surface area (Å²) in [4.78, 5) is 11.6. The van der Waals surface area contributed by atoms with Gasteiger partial charge in [0.1, 0.15) is 22.8 Å². The van der Waals surface area contributed by atoms with Gasteiger partial charge in [0.15, 0.2) is 0 Å². The van der Waals surface area contributed by atoms with Crippen LogP contribution in [0.25, 0.3) is 0 Å². The lowest BCUT2D eigenvalue weighted by atomic mass is 9.56. The molecule has 1 saturated carbocycles. The summed E-state index contributed by atoms with van der Waals surface area (Å²) in [5.41, 5.74) is 3.94. The summed E-state index contributed by atoms with van der Waals surface area (Å²) in [5.74, 6) is 2.42. The number of hydrogen-bond donors (Lipinski definition) is 2. The van der Waals surface area contributed by atoms with Crippen molar-refractivity contribution in [3.63, 3.8) is 0 Å². The summed E-state index contributed by atoms with van der Waals surface area (Å²) in [7, 11) is 0. The number of rotatable bonds is 19. The molecular weight excluding hydrogens is 729 g/mol. The van der Waals surface area contributed by atoms with Gasteiger partial charge in [-0.3, -0.25) is 4.98 Å².